The molecular weight excluding hydrogens is 314 g/mol. The van der Waals surface area contributed by atoms with Gasteiger partial charge in [-0.3, -0.25) is 4.79 Å². The van der Waals surface area contributed by atoms with E-state index in [2.05, 4.69) is 0 Å². The van der Waals surface area contributed by atoms with Gasteiger partial charge in [0, 0.05) is 12.2 Å². The van der Waals surface area contributed by atoms with Gasteiger partial charge < -0.3 is 11.5 Å². The lowest BCUT2D eigenvalue weighted by Gasteiger charge is -2.32. The van der Waals surface area contributed by atoms with Crippen molar-refractivity contribution in [2.75, 3.05) is 12.3 Å². The van der Waals surface area contributed by atoms with Crippen molar-refractivity contribution in [3.8, 4) is 0 Å². The fourth-order valence-electron chi connectivity index (χ4n) is 2.47. The van der Waals surface area contributed by atoms with E-state index in [4.69, 9.17) is 23.1 Å². The number of halogens is 1. The van der Waals surface area contributed by atoms with Gasteiger partial charge in [0.05, 0.1) is 5.02 Å². The summed E-state index contributed by atoms with van der Waals surface area (Å²) in [4.78, 5) is 11.4. The first-order valence-corrected chi connectivity index (χ1v) is 8.43. The normalized spacial score (nSPS) is 20.4. The number of carbonyl (C=O) groups is 1. The van der Waals surface area contributed by atoms with Gasteiger partial charge in [-0.25, -0.2) is 8.42 Å². The molecule has 0 radical (unpaired) electrons. The summed E-state index contributed by atoms with van der Waals surface area (Å²) in [5.41, 5.74) is 12.1. The van der Waals surface area contributed by atoms with E-state index in [1.54, 1.807) is 6.92 Å². The van der Waals surface area contributed by atoms with E-state index in [-0.39, 0.29) is 16.5 Å². The quantitative estimate of drug-likeness (QED) is 0.813. The summed E-state index contributed by atoms with van der Waals surface area (Å²) in [5, 5.41) is 0.0930. The van der Waals surface area contributed by atoms with Crippen molar-refractivity contribution in [1.82, 2.24) is 4.31 Å². The van der Waals surface area contributed by atoms with Crippen molar-refractivity contribution in [2.24, 2.45) is 5.73 Å². The fourth-order valence-corrected chi connectivity index (χ4v) is 4.73. The summed E-state index contributed by atoms with van der Waals surface area (Å²) in [6.07, 6.45) is 1.87. The molecule has 1 atom stereocenters. The predicted molar refractivity (Wildman–Crippen MR) is 81.3 cm³/mol. The highest BCUT2D eigenvalue weighted by molar-refractivity contribution is 7.89. The van der Waals surface area contributed by atoms with Crippen molar-refractivity contribution in [3.05, 3.63) is 22.7 Å². The molecule has 0 aliphatic carbocycles. The molecule has 8 heteroatoms. The second-order valence-electron chi connectivity index (χ2n) is 5.17. The number of primary amides is 1. The van der Waals surface area contributed by atoms with Crippen LogP contribution in [0.1, 0.15) is 24.8 Å². The maximum absolute atomic E-state index is 12.8. The molecule has 0 aromatic heterocycles. The number of benzene rings is 1. The molecule has 1 aromatic carbocycles. The van der Waals surface area contributed by atoms with Crippen LogP contribution in [0.25, 0.3) is 0 Å². The average molecular weight is 332 g/mol. The molecule has 1 saturated heterocycles. The summed E-state index contributed by atoms with van der Waals surface area (Å²) in [7, 11) is -3.91. The number of nitrogens with zero attached hydrogens (tertiary/aromatic N) is 1. The summed E-state index contributed by atoms with van der Waals surface area (Å²) in [5.74, 6) is -0.644. The largest absolute Gasteiger partial charge is 0.398 e. The van der Waals surface area contributed by atoms with Crippen molar-refractivity contribution < 1.29 is 13.2 Å². The topological polar surface area (TPSA) is 106 Å². The first-order valence-electron chi connectivity index (χ1n) is 6.62. The van der Waals surface area contributed by atoms with Crippen LogP contribution in [0.5, 0.6) is 0 Å². The van der Waals surface area contributed by atoms with Crippen LogP contribution < -0.4 is 11.5 Å². The summed E-state index contributed by atoms with van der Waals surface area (Å²) in [6, 6.07) is 2.01. The zero-order valence-electron chi connectivity index (χ0n) is 11.7. The summed E-state index contributed by atoms with van der Waals surface area (Å²) < 4.78 is 26.7. The van der Waals surface area contributed by atoms with Crippen LogP contribution in [-0.2, 0) is 14.8 Å². The highest BCUT2D eigenvalue weighted by Gasteiger charge is 2.37. The first kappa shape index (κ1) is 16.1. The van der Waals surface area contributed by atoms with E-state index in [9.17, 15) is 13.2 Å². The number of piperidine rings is 1. The van der Waals surface area contributed by atoms with Gasteiger partial charge in [-0.1, -0.05) is 18.0 Å². The van der Waals surface area contributed by atoms with Crippen molar-refractivity contribution in [1.29, 1.82) is 0 Å². The Morgan fingerprint density at radius 2 is 2.05 bits per heavy atom. The third-order valence-corrected chi connectivity index (χ3v) is 6.06. The highest BCUT2D eigenvalue weighted by atomic mass is 35.5. The van der Waals surface area contributed by atoms with Crippen LogP contribution in [0, 0.1) is 6.92 Å². The van der Waals surface area contributed by atoms with Crippen LogP contribution in [0.15, 0.2) is 17.0 Å². The Morgan fingerprint density at radius 3 is 2.67 bits per heavy atom. The average Bonchev–Trinajstić information content (AvgIpc) is 2.42. The minimum atomic E-state index is -3.91. The Kier molecular flexibility index (Phi) is 4.46. The maximum atomic E-state index is 12.8. The number of hydrogen-bond donors (Lipinski definition) is 2. The molecule has 6 nitrogen and oxygen atoms in total. The lowest BCUT2D eigenvalue weighted by atomic mass is 10.0. The number of amides is 1. The van der Waals surface area contributed by atoms with Crippen LogP contribution >= 0.6 is 11.6 Å². The smallest absolute Gasteiger partial charge is 0.245 e. The third kappa shape index (κ3) is 3.00. The number of sulfonamides is 1. The molecule has 1 fully saturated rings. The number of hydrogen-bond acceptors (Lipinski definition) is 4. The summed E-state index contributed by atoms with van der Waals surface area (Å²) >= 11 is 6.05. The Labute approximate surface area is 129 Å². The van der Waals surface area contributed by atoms with Gasteiger partial charge in [0.1, 0.15) is 10.9 Å². The molecule has 0 bridgehead atoms. The van der Waals surface area contributed by atoms with Crippen LogP contribution in [-0.4, -0.2) is 31.2 Å². The number of carbonyl (C=O) groups excluding carboxylic acids is 1. The van der Waals surface area contributed by atoms with Crippen LogP contribution in [0.3, 0.4) is 0 Å². The molecule has 1 amide bonds. The Morgan fingerprint density at radius 1 is 1.38 bits per heavy atom. The Bertz CT molecular complexity index is 675. The molecule has 0 spiro atoms. The lowest BCUT2D eigenvalue weighted by molar-refractivity contribution is -0.122. The van der Waals surface area contributed by atoms with Gasteiger partial charge in [-0.05, 0) is 37.5 Å². The van der Waals surface area contributed by atoms with Crippen LogP contribution in [0.4, 0.5) is 5.69 Å². The van der Waals surface area contributed by atoms with Crippen molar-refractivity contribution in [3.63, 3.8) is 0 Å². The zero-order valence-corrected chi connectivity index (χ0v) is 13.2. The van der Waals surface area contributed by atoms with E-state index in [1.165, 1.54) is 12.1 Å². The van der Waals surface area contributed by atoms with E-state index in [0.717, 1.165) is 10.7 Å². The SMILES string of the molecule is Cc1cc(Cl)c(S(=O)(=O)N2CCCCC2C(N)=O)cc1N. The number of aryl methyl sites for hydroxylation is 1. The van der Waals surface area contributed by atoms with Gasteiger partial charge in [0.2, 0.25) is 15.9 Å². The first-order chi connectivity index (χ1) is 9.75. The molecule has 1 aliphatic rings. The maximum Gasteiger partial charge on any atom is 0.245 e. The van der Waals surface area contributed by atoms with Crippen molar-refractivity contribution >= 4 is 33.2 Å². The predicted octanol–water partition coefficient (Wildman–Crippen LogP) is 1.26. The third-order valence-electron chi connectivity index (χ3n) is 3.69. The Hall–Kier alpha value is -1.31. The molecule has 4 N–H and O–H groups in total. The Balaban J connectivity index is 2.50. The van der Waals surface area contributed by atoms with E-state index in [0.29, 0.717) is 24.1 Å². The minimum absolute atomic E-state index is 0.0829. The lowest BCUT2D eigenvalue weighted by Crippen LogP contribution is -2.50. The second kappa shape index (κ2) is 5.82. The minimum Gasteiger partial charge on any atom is -0.398 e. The number of nitrogen functional groups attached to an aromatic ring is 1. The monoisotopic (exact) mass is 331 g/mol. The standard InChI is InChI=1S/C13H18ClN3O3S/c1-8-6-9(14)12(7-10(8)15)21(19,20)17-5-3-2-4-11(17)13(16)18/h6-7,11H,2-5,15H2,1H3,(H2,16,18). The number of rotatable bonds is 3. The molecule has 1 unspecified atom stereocenters. The fraction of sp³-hybridized carbons (Fsp3) is 0.462. The van der Waals surface area contributed by atoms with E-state index < -0.39 is 22.0 Å². The molecule has 1 aromatic rings. The van der Waals surface area contributed by atoms with E-state index in [1.807, 2.05) is 0 Å². The second-order valence-corrected chi connectivity index (χ2v) is 7.44. The van der Waals surface area contributed by atoms with Gasteiger partial charge >= 0.3 is 0 Å². The van der Waals surface area contributed by atoms with E-state index >= 15 is 0 Å². The molecule has 2 rings (SSSR count). The molecule has 1 aliphatic heterocycles. The van der Waals surface area contributed by atoms with Gasteiger partial charge in [-0.15, -0.1) is 0 Å². The van der Waals surface area contributed by atoms with Gasteiger partial charge in [0.25, 0.3) is 0 Å². The molecular formula is C13H18ClN3O3S. The summed E-state index contributed by atoms with van der Waals surface area (Å²) in [6.45, 7) is 1.99. The zero-order chi connectivity index (χ0) is 15.8. The molecule has 0 saturated carbocycles. The van der Waals surface area contributed by atoms with Crippen molar-refractivity contribution in [2.45, 2.75) is 37.1 Å². The van der Waals surface area contributed by atoms with Gasteiger partial charge in [0.15, 0.2) is 0 Å². The molecule has 21 heavy (non-hydrogen) atoms. The number of anilines is 1. The van der Waals surface area contributed by atoms with Crippen LogP contribution in [0.2, 0.25) is 5.02 Å². The molecule has 116 valence electrons. The van der Waals surface area contributed by atoms with Gasteiger partial charge in [-0.2, -0.15) is 4.31 Å². The number of nitrogens with two attached hydrogens (primary N) is 2. The molecule has 1 heterocycles. The highest BCUT2D eigenvalue weighted by Crippen LogP contribution is 2.32.